The molecule has 1 aromatic carbocycles. The summed E-state index contributed by atoms with van der Waals surface area (Å²) in [7, 11) is 0. The summed E-state index contributed by atoms with van der Waals surface area (Å²) in [6.07, 6.45) is 8.37. The normalized spacial score (nSPS) is 21.7. The van der Waals surface area contributed by atoms with Crippen LogP contribution in [0, 0.1) is 0 Å². The molecular formula is C23H31N5O. The Bertz CT molecular complexity index is 813. The molecule has 0 aliphatic carbocycles. The van der Waals surface area contributed by atoms with Crippen LogP contribution >= 0.6 is 0 Å². The van der Waals surface area contributed by atoms with Gasteiger partial charge in [-0.25, -0.2) is 9.97 Å². The number of hydrogen-bond donors (Lipinski definition) is 1. The first-order valence-electron chi connectivity index (χ1n) is 11.2. The number of rotatable bonds is 7. The Balaban J connectivity index is 1.23. The van der Waals surface area contributed by atoms with Crippen LogP contribution in [-0.2, 0) is 6.42 Å². The van der Waals surface area contributed by atoms with Crippen LogP contribution in [0.4, 0.5) is 5.82 Å². The smallest absolute Gasteiger partial charge is 0.161 e. The first kappa shape index (κ1) is 18.8. The maximum absolute atomic E-state index is 6.03. The highest BCUT2D eigenvalue weighted by Crippen LogP contribution is 2.29. The molecular weight excluding hydrogens is 362 g/mol. The lowest BCUT2D eigenvalue weighted by molar-refractivity contribution is 0.223. The summed E-state index contributed by atoms with van der Waals surface area (Å²) in [6.45, 7) is 7.89. The Kier molecular flexibility index (Phi) is 5.63. The van der Waals surface area contributed by atoms with E-state index < -0.39 is 0 Å². The molecule has 1 aromatic heterocycles. The molecule has 2 aromatic rings. The summed E-state index contributed by atoms with van der Waals surface area (Å²) in [5.41, 5.74) is 2.33. The van der Waals surface area contributed by atoms with Crippen LogP contribution in [-0.4, -0.2) is 66.8 Å². The van der Waals surface area contributed by atoms with E-state index in [1.807, 2.05) is 18.3 Å². The van der Waals surface area contributed by atoms with Crippen molar-refractivity contribution in [2.24, 2.45) is 0 Å². The average molecular weight is 394 g/mol. The van der Waals surface area contributed by atoms with Crippen molar-refractivity contribution in [2.75, 3.05) is 50.7 Å². The molecule has 3 aliphatic heterocycles. The Morgan fingerprint density at radius 2 is 1.93 bits per heavy atom. The van der Waals surface area contributed by atoms with Crippen LogP contribution < -0.4 is 15.0 Å². The van der Waals surface area contributed by atoms with Gasteiger partial charge in [-0.15, -0.1) is 0 Å². The van der Waals surface area contributed by atoms with Gasteiger partial charge in [0.05, 0.1) is 0 Å². The van der Waals surface area contributed by atoms with Crippen molar-refractivity contribution in [3.05, 3.63) is 36.0 Å². The number of benzene rings is 1. The minimum absolute atomic E-state index is 0.284. The third kappa shape index (κ3) is 4.38. The van der Waals surface area contributed by atoms with Gasteiger partial charge in [0.2, 0.25) is 0 Å². The molecule has 0 bridgehead atoms. The minimum Gasteiger partial charge on any atom is -0.489 e. The molecule has 0 amide bonds. The Hall–Kier alpha value is -2.18. The molecule has 6 nitrogen and oxygen atoms in total. The lowest BCUT2D eigenvalue weighted by Crippen LogP contribution is -2.28. The highest BCUT2D eigenvalue weighted by atomic mass is 16.5. The summed E-state index contributed by atoms with van der Waals surface area (Å²) >= 11 is 0. The quantitative estimate of drug-likeness (QED) is 0.781. The molecule has 6 heteroatoms. The molecule has 29 heavy (non-hydrogen) atoms. The van der Waals surface area contributed by atoms with Gasteiger partial charge < -0.3 is 19.9 Å². The van der Waals surface area contributed by atoms with Crippen LogP contribution in [0.5, 0.6) is 5.75 Å². The van der Waals surface area contributed by atoms with E-state index in [1.165, 1.54) is 44.5 Å². The van der Waals surface area contributed by atoms with E-state index in [-0.39, 0.29) is 6.10 Å². The minimum atomic E-state index is 0.284. The second kappa shape index (κ2) is 8.67. The number of nitrogens with one attached hydrogen (secondary N) is 1. The predicted octanol–water partition coefficient (Wildman–Crippen LogP) is 2.73. The number of nitrogens with zero attached hydrogens (tertiary/aromatic N) is 4. The van der Waals surface area contributed by atoms with Crippen molar-refractivity contribution in [2.45, 2.75) is 38.2 Å². The second-order valence-corrected chi connectivity index (χ2v) is 8.44. The van der Waals surface area contributed by atoms with E-state index in [0.717, 1.165) is 62.0 Å². The van der Waals surface area contributed by atoms with Crippen molar-refractivity contribution in [1.82, 2.24) is 20.2 Å². The Morgan fingerprint density at radius 1 is 1.07 bits per heavy atom. The van der Waals surface area contributed by atoms with Gasteiger partial charge in [0, 0.05) is 37.0 Å². The van der Waals surface area contributed by atoms with Crippen LogP contribution in [0.1, 0.15) is 31.2 Å². The zero-order chi connectivity index (χ0) is 19.5. The zero-order valence-electron chi connectivity index (χ0n) is 17.1. The largest absolute Gasteiger partial charge is 0.489 e. The first-order valence-corrected chi connectivity index (χ1v) is 11.2. The van der Waals surface area contributed by atoms with Crippen LogP contribution in [0.25, 0.3) is 11.4 Å². The summed E-state index contributed by atoms with van der Waals surface area (Å²) in [5, 5.41) is 3.34. The summed E-state index contributed by atoms with van der Waals surface area (Å²) in [6, 6.07) is 8.23. The number of aromatic nitrogens is 2. The standard InChI is InChI=1S/C23H31N5O/c1-2-12-27(11-1)13-3-14-28-15-9-19-16-25-22(26-23(19)28)18-4-6-20(7-5-18)29-21-8-10-24-17-21/h4-7,16,21,24H,1-3,8-15,17H2/t21-/m0/s1. The van der Waals surface area contributed by atoms with Crippen molar-refractivity contribution >= 4 is 5.82 Å². The van der Waals surface area contributed by atoms with Crippen LogP contribution in [0.15, 0.2) is 30.5 Å². The third-order valence-corrected chi connectivity index (χ3v) is 6.32. The van der Waals surface area contributed by atoms with Gasteiger partial charge in [-0.1, -0.05) is 0 Å². The summed E-state index contributed by atoms with van der Waals surface area (Å²) in [5.74, 6) is 2.87. The molecule has 0 radical (unpaired) electrons. The van der Waals surface area contributed by atoms with Crippen LogP contribution in [0.3, 0.4) is 0 Å². The maximum Gasteiger partial charge on any atom is 0.161 e. The van der Waals surface area contributed by atoms with Gasteiger partial charge in [-0.2, -0.15) is 0 Å². The molecule has 154 valence electrons. The van der Waals surface area contributed by atoms with Crippen molar-refractivity contribution in [1.29, 1.82) is 0 Å². The fraction of sp³-hybridized carbons (Fsp3) is 0.565. The van der Waals surface area contributed by atoms with Gasteiger partial charge in [0.25, 0.3) is 0 Å². The summed E-state index contributed by atoms with van der Waals surface area (Å²) in [4.78, 5) is 14.6. The van der Waals surface area contributed by atoms with Gasteiger partial charge in [0.15, 0.2) is 5.82 Å². The average Bonchev–Trinajstić information content (AvgIpc) is 3.51. The first-order chi connectivity index (χ1) is 14.3. The number of ether oxygens (including phenoxy) is 1. The van der Waals surface area contributed by atoms with Gasteiger partial charge in [0.1, 0.15) is 17.7 Å². The lowest BCUT2D eigenvalue weighted by Gasteiger charge is -2.21. The molecule has 5 rings (SSSR count). The lowest BCUT2D eigenvalue weighted by atomic mass is 10.2. The predicted molar refractivity (Wildman–Crippen MR) is 116 cm³/mol. The zero-order valence-corrected chi connectivity index (χ0v) is 17.1. The van der Waals surface area contributed by atoms with Crippen LogP contribution in [0.2, 0.25) is 0 Å². The molecule has 2 saturated heterocycles. The summed E-state index contributed by atoms with van der Waals surface area (Å²) < 4.78 is 6.03. The van der Waals surface area contributed by atoms with E-state index in [1.54, 1.807) is 0 Å². The van der Waals surface area contributed by atoms with E-state index in [4.69, 9.17) is 9.72 Å². The van der Waals surface area contributed by atoms with E-state index in [2.05, 4.69) is 32.2 Å². The van der Waals surface area contributed by atoms with E-state index >= 15 is 0 Å². The number of likely N-dealkylation sites (tertiary alicyclic amines) is 1. The third-order valence-electron chi connectivity index (χ3n) is 6.32. The van der Waals surface area contributed by atoms with E-state index in [9.17, 15) is 0 Å². The Labute approximate surface area is 173 Å². The molecule has 1 N–H and O–H groups in total. The second-order valence-electron chi connectivity index (χ2n) is 8.44. The number of hydrogen-bond acceptors (Lipinski definition) is 6. The highest BCUT2D eigenvalue weighted by Gasteiger charge is 2.22. The molecule has 0 saturated carbocycles. The molecule has 0 spiro atoms. The Morgan fingerprint density at radius 3 is 2.72 bits per heavy atom. The van der Waals surface area contributed by atoms with Gasteiger partial charge in [-0.05, 0) is 82.5 Å². The molecule has 2 fully saturated rings. The fourth-order valence-corrected chi connectivity index (χ4v) is 4.66. The maximum atomic E-state index is 6.03. The van der Waals surface area contributed by atoms with Crippen molar-refractivity contribution < 1.29 is 4.74 Å². The van der Waals surface area contributed by atoms with Gasteiger partial charge in [-0.3, -0.25) is 0 Å². The van der Waals surface area contributed by atoms with Gasteiger partial charge >= 0.3 is 0 Å². The molecule has 3 aliphatic rings. The topological polar surface area (TPSA) is 53.5 Å². The SMILES string of the molecule is c1cc(-c2ncc3c(n2)N(CCCN2CCCC2)CC3)ccc1O[C@H]1CCNC1. The molecule has 0 unspecified atom stereocenters. The number of anilines is 1. The highest BCUT2D eigenvalue weighted by molar-refractivity contribution is 5.61. The van der Waals surface area contributed by atoms with E-state index in [0.29, 0.717) is 0 Å². The van der Waals surface area contributed by atoms with Crippen molar-refractivity contribution in [3.8, 4) is 17.1 Å². The number of fused-ring (bicyclic) bond motifs is 1. The van der Waals surface area contributed by atoms with Crippen molar-refractivity contribution in [3.63, 3.8) is 0 Å². The molecule has 1 atom stereocenters. The molecule has 4 heterocycles. The monoisotopic (exact) mass is 393 g/mol. The fourth-order valence-electron chi connectivity index (χ4n) is 4.66.